The Labute approximate surface area is 141 Å². The first-order valence-electron chi connectivity index (χ1n) is 7.91. The molecule has 1 aromatic heterocycles. The highest BCUT2D eigenvalue weighted by atomic mass is 19.2. The number of anilines is 1. The van der Waals surface area contributed by atoms with Gasteiger partial charge in [-0.3, -0.25) is 14.8 Å². The maximum Gasteiger partial charge on any atom is 0.259 e. The molecule has 2 aliphatic rings. The van der Waals surface area contributed by atoms with Crippen LogP contribution in [0.4, 0.5) is 19.0 Å². The van der Waals surface area contributed by atoms with Crippen LogP contribution in [0, 0.1) is 17.5 Å². The minimum atomic E-state index is -1.19. The number of fused-ring (bicyclic) bond motifs is 2. The van der Waals surface area contributed by atoms with E-state index in [0.717, 1.165) is 12.5 Å². The molecule has 0 unspecified atom stereocenters. The Morgan fingerprint density at radius 2 is 2.08 bits per heavy atom. The van der Waals surface area contributed by atoms with Crippen molar-refractivity contribution in [1.82, 2.24) is 20.0 Å². The number of benzene rings is 1. The molecule has 2 bridgehead atoms. The smallest absolute Gasteiger partial charge is 0.259 e. The summed E-state index contributed by atoms with van der Waals surface area (Å²) < 4.78 is 40.5. The van der Waals surface area contributed by atoms with Crippen LogP contribution in [-0.2, 0) is 6.54 Å². The number of amides is 1. The monoisotopic (exact) mass is 351 g/mol. The van der Waals surface area contributed by atoms with E-state index in [1.54, 1.807) is 4.90 Å². The van der Waals surface area contributed by atoms with Crippen molar-refractivity contribution in [3.8, 4) is 0 Å². The third-order valence-electron chi connectivity index (χ3n) is 4.96. The fourth-order valence-electron chi connectivity index (χ4n) is 3.76. The SMILES string of the molecule is Nc1[nH]ncc1C(=O)N1C[C@@H]2C[C@H]1CN2Cc1cc(F)cc(F)c1F. The van der Waals surface area contributed by atoms with Crippen molar-refractivity contribution < 1.29 is 18.0 Å². The second kappa shape index (κ2) is 5.76. The van der Waals surface area contributed by atoms with Gasteiger partial charge in [0.1, 0.15) is 17.2 Å². The lowest BCUT2D eigenvalue weighted by molar-refractivity contribution is 0.0615. The molecule has 2 saturated heterocycles. The zero-order valence-electron chi connectivity index (χ0n) is 13.2. The van der Waals surface area contributed by atoms with E-state index in [4.69, 9.17) is 5.73 Å². The maximum atomic E-state index is 13.9. The van der Waals surface area contributed by atoms with Gasteiger partial charge in [0.25, 0.3) is 5.91 Å². The Morgan fingerprint density at radius 3 is 2.72 bits per heavy atom. The standard InChI is InChI=1S/C16H16F3N5O/c17-9-1-8(14(19)13(18)2-9)5-23-6-11-3-10(23)7-24(11)16(25)12-4-21-22-15(12)20/h1-2,4,10-11H,3,5-7H2,(H3,20,21,22)/t10-,11-/m0/s1. The summed E-state index contributed by atoms with van der Waals surface area (Å²) in [6.45, 7) is 1.09. The lowest BCUT2D eigenvalue weighted by atomic mass is 10.1. The molecule has 2 fully saturated rings. The van der Waals surface area contributed by atoms with E-state index in [9.17, 15) is 18.0 Å². The van der Waals surface area contributed by atoms with Gasteiger partial charge < -0.3 is 10.6 Å². The number of aromatic nitrogens is 2. The van der Waals surface area contributed by atoms with Crippen molar-refractivity contribution in [3.05, 3.63) is 46.9 Å². The van der Waals surface area contributed by atoms with Gasteiger partial charge in [0.15, 0.2) is 11.6 Å². The van der Waals surface area contributed by atoms with Gasteiger partial charge in [0.05, 0.1) is 6.20 Å². The highest BCUT2D eigenvalue weighted by Crippen LogP contribution is 2.33. The van der Waals surface area contributed by atoms with Crippen LogP contribution in [0.15, 0.2) is 18.3 Å². The highest BCUT2D eigenvalue weighted by molar-refractivity contribution is 5.98. The molecule has 1 amide bonds. The zero-order valence-corrected chi connectivity index (χ0v) is 13.2. The van der Waals surface area contributed by atoms with E-state index in [1.807, 2.05) is 4.90 Å². The average molecular weight is 351 g/mol. The quantitative estimate of drug-likeness (QED) is 0.822. The van der Waals surface area contributed by atoms with Crippen LogP contribution in [0.25, 0.3) is 0 Å². The van der Waals surface area contributed by atoms with Crippen LogP contribution in [-0.4, -0.2) is 51.1 Å². The summed E-state index contributed by atoms with van der Waals surface area (Å²) in [4.78, 5) is 16.2. The van der Waals surface area contributed by atoms with E-state index in [1.165, 1.54) is 6.20 Å². The Bertz CT molecular complexity index is 839. The summed E-state index contributed by atoms with van der Waals surface area (Å²) in [7, 11) is 0. The van der Waals surface area contributed by atoms with Crippen molar-refractivity contribution >= 4 is 11.7 Å². The molecule has 0 saturated carbocycles. The predicted molar refractivity (Wildman–Crippen MR) is 83.0 cm³/mol. The number of carbonyl (C=O) groups excluding carboxylic acids is 1. The van der Waals surface area contributed by atoms with E-state index in [-0.39, 0.29) is 35.9 Å². The second-order valence-electron chi connectivity index (χ2n) is 6.49. The summed E-state index contributed by atoms with van der Waals surface area (Å²) in [5.41, 5.74) is 6.01. The van der Waals surface area contributed by atoms with E-state index >= 15 is 0 Å². The summed E-state index contributed by atoms with van der Waals surface area (Å²) in [6, 6.07) is 1.53. The Morgan fingerprint density at radius 1 is 1.28 bits per heavy atom. The number of hydrogen-bond donors (Lipinski definition) is 2. The fraction of sp³-hybridized carbons (Fsp3) is 0.375. The van der Waals surface area contributed by atoms with Gasteiger partial charge in [-0.2, -0.15) is 5.10 Å². The van der Waals surface area contributed by atoms with Crippen molar-refractivity contribution in [3.63, 3.8) is 0 Å². The van der Waals surface area contributed by atoms with Gasteiger partial charge in [0.2, 0.25) is 0 Å². The number of halogens is 3. The number of nitrogen functional groups attached to an aromatic ring is 1. The number of carbonyl (C=O) groups is 1. The molecule has 25 heavy (non-hydrogen) atoms. The number of piperazine rings is 1. The lowest BCUT2D eigenvalue weighted by Gasteiger charge is -2.34. The summed E-state index contributed by atoms with van der Waals surface area (Å²) >= 11 is 0. The van der Waals surface area contributed by atoms with Gasteiger partial charge in [0, 0.05) is 43.3 Å². The lowest BCUT2D eigenvalue weighted by Crippen LogP contribution is -2.48. The number of nitrogens with one attached hydrogen (secondary N) is 1. The molecule has 9 heteroatoms. The highest BCUT2D eigenvalue weighted by Gasteiger charge is 2.45. The molecule has 0 aliphatic carbocycles. The third-order valence-corrected chi connectivity index (χ3v) is 4.96. The Balaban J connectivity index is 1.47. The number of aromatic amines is 1. The zero-order chi connectivity index (χ0) is 17.7. The van der Waals surface area contributed by atoms with Crippen LogP contribution >= 0.6 is 0 Å². The number of hydrogen-bond acceptors (Lipinski definition) is 4. The number of nitrogens with two attached hydrogens (primary N) is 1. The minimum Gasteiger partial charge on any atom is -0.383 e. The molecule has 0 radical (unpaired) electrons. The molecule has 132 valence electrons. The molecule has 2 aliphatic heterocycles. The number of nitrogens with zero attached hydrogens (tertiary/aromatic N) is 3. The van der Waals surface area contributed by atoms with Crippen molar-refractivity contribution in [2.75, 3.05) is 18.8 Å². The van der Waals surface area contributed by atoms with Gasteiger partial charge in [-0.05, 0) is 12.5 Å². The fourth-order valence-corrected chi connectivity index (χ4v) is 3.76. The van der Waals surface area contributed by atoms with Crippen LogP contribution in [0.1, 0.15) is 22.3 Å². The molecule has 6 nitrogen and oxygen atoms in total. The topological polar surface area (TPSA) is 78.2 Å². The molecule has 4 rings (SSSR count). The van der Waals surface area contributed by atoms with Gasteiger partial charge in [-0.1, -0.05) is 0 Å². The first-order chi connectivity index (χ1) is 11.9. The maximum absolute atomic E-state index is 13.9. The van der Waals surface area contributed by atoms with E-state index in [2.05, 4.69) is 10.2 Å². The van der Waals surface area contributed by atoms with Crippen molar-refractivity contribution in [1.29, 1.82) is 0 Å². The molecule has 3 N–H and O–H groups in total. The molecule has 2 atom stereocenters. The first kappa shape index (κ1) is 15.9. The third kappa shape index (κ3) is 2.64. The van der Waals surface area contributed by atoms with Crippen LogP contribution in [0.5, 0.6) is 0 Å². The van der Waals surface area contributed by atoms with Crippen LogP contribution < -0.4 is 5.73 Å². The molecule has 3 heterocycles. The Kier molecular flexibility index (Phi) is 3.68. The van der Waals surface area contributed by atoms with Gasteiger partial charge >= 0.3 is 0 Å². The van der Waals surface area contributed by atoms with Crippen LogP contribution in [0.3, 0.4) is 0 Å². The van der Waals surface area contributed by atoms with E-state index < -0.39 is 17.5 Å². The molecular weight excluding hydrogens is 335 g/mol. The predicted octanol–water partition coefficient (Wildman–Crippen LogP) is 1.51. The largest absolute Gasteiger partial charge is 0.383 e. The van der Waals surface area contributed by atoms with Gasteiger partial charge in [-0.25, -0.2) is 13.2 Å². The van der Waals surface area contributed by atoms with Crippen molar-refractivity contribution in [2.45, 2.75) is 25.0 Å². The van der Waals surface area contributed by atoms with Gasteiger partial charge in [-0.15, -0.1) is 0 Å². The molecule has 0 spiro atoms. The van der Waals surface area contributed by atoms with Crippen molar-refractivity contribution in [2.24, 2.45) is 0 Å². The second-order valence-corrected chi connectivity index (χ2v) is 6.49. The Hall–Kier alpha value is -2.55. The number of rotatable bonds is 3. The normalized spacial score (nSPS) is 22.8. The first-order valence-corrected chi connectivity index (χ1v) is 7.91. The summed E-state index contributed by atoms with van der Waals surface area (Å²) in [5.74, 6) is -2.98. The molecule has 1 aromatic carbocycles. The molecule has 2 aromatic rings. The van der Waals surface area contributed by atoms with Crippen LogP contribution in [0.2, 0.25) is 0 Å². The average Bonchev–Trinajstić information content (AvgIpc) is 3.26. The minimum absolute atomic E-state index is 0.0120. The summed E-state index contributed by atoms with van der Waals surface area (Å²) in [6.07, 6.45) is 2.13. The number of likely N-dealkylation sites (tertiary alicyclic amines) is 2. The summed E-state index contributed by atoms with van der Waals surface area (Å²) in [5, 5.41) is 6.29. The molecular formula is C16H16F3N5O. The van der Waals surface area contributed by atoms with E-state index in [0.29, 0.717) is 24.7 Å². The number of H-pyrrole nitrogens is 1.